The van der Waals surface area contributed by atoms with Crippen LogP contribution in [0, 0.1) is 5.92 Å². The number of hydrogen-bond donors (Lipinski definition) is 0. The van der Waals surface area contributed by atoms with Gasteiger partial charge in [0.1, 0.15) is 5.76 Å². The van der Waals surface area contributed by atoms with Gasteiger partial charge in [-0.05, 0) is 37.7 Å². The molecule has 0 aromatic carbocycles. The second-order valence-electron chi connectivity index (χ2n) is 8.18. The molecule has 1 amide bonds. The molecule has 2 aliphatic carbocycles. The average molecular weight is 370 g/mol. The molecule has 2 aromatic rings. The summed E-state index contributed by atoms with van der Waals surface area (Å²) in [6.45, 7) is 2.54. The van der Waals surface area contributed by atoms with Crippen molar-refractivity contribution < 1.29 is 14.1 Å². The maximum Gasteiger partial charge on any atom is 0.276 e. The summed E-state index contributed by atoms with van der Waals surface area (Å²) >= 11 is 0. The van der Waals surface area contributed by atoms with Crippen LogP contribution in [0.3, 0.4) is 0 Å². The fraction of sp³-hybridized carbons (Fsp3) is 0.650. The summed E-state index contributed by atoms with van der Waals surface area (Å²) in [5, 5.41) is 8.44. The van der Waals surface area contributed by atoms with Gasteiger partial charge in [-0.2, -0.15) is 5.10 Å². The summed E-state index contributed by atoms with van der Waals surface area (Å²) in [4.78, 5) is 14.9. The van der Waals surface area contributed by atoms with Crippen LogP contribution >= 0.6 is 0 Å². The maximum absolute atomic E-state index is 13.1. The van der Waals surface area contributed by atoms with Gasteiger partial charge in [0.2, 0.25) is 0 Å². The first kappa shape index (κ1) is 17.0. The normalized spacial score (nSPS) is 23.4. The summed E-state index contributed by atoms with van der Waals surface area (Å²) < 4.78 is 13.6. The van der Waals surface area contributed by atoms with Crippen molar-refractivity contribution in [1.82, 2.24) is 19.8 Å². The van der Waals surface area contributed by atoms with Crippen LogP contribution in [0.1, 0.15) is 66.4 Å². The van der Waals surface area contributed by atoms with E-state index in [1.54, 1.807) is 6.20 Å². The van der Waals surface area contributed by atoms with E-state index in [1.165, 1.54) is 25.7 Å². The smallest absolute Gasteiger partial charge is 0.276 e. The zero-order valence-corrected chi connectivity index (χ0v) is 15.5. The molecule has 0 spiro atoms. The number of rotatable bonds is 5. The summed E-state index contributed by atoms with van der Waals surface area (Å²) in [5.41, 5.74) is 1.43. The molecule has 7 nitrogen and oxygen atoms in total. The van der Waals surface area contributed by atoms with Gasteiger partial charge in [0, 0.05) is 31.3 Å². The molecule has 27 heavy (non-hydrogen) atoms. The van der Waals surface area contributed by atoms with Gasteiger partial charge in [-0.15, -0.1) is 0 Å². The number of hydrogen-bond acceptors (Lipinski definition) is 5. The molecule has 1 atom stereocenters. The molecule has 2 aromatic heterocycles. The van der Waals surface area contributed by atoms with Gasteiger partial charge >= 0.3 is 0 Å². The van der Waals surface area contributed by atoms with E-state index in [1.807, 2.05) is 21.7 Å². The Morgan fingerprint density at radius 1 is 1.22 bits per heavy atom. The largest absolute Gasteiger partial charge is 0.374 e. The van der Waals surface area contributed by atoms with Crippen LogP contribution in [0.4, 0.5) is 0 Å². The minimum absolute atomic E-state index is 0.0505. The fourth-order valence-corrected chi connectivity index (χ4v) is 4.24. The van der Waals surface area contributed by atoms with Gasteiger partial charge in [0.05, 0.1) is 24.9 Å². The second-order valence-corrected chi connectivity index (χ2v) is 8.18. The topological polar surface area (TPSA) is 73.4 Å². The number of ether oxygens (including phenoxy) is 1. The predicted molar refractivity (Wildman–Crippen MR) is 97.1 cm³/mol. The number of amides is 1. The highest BCUT2D eigenvalue weighted by Gasteiger charge is 2.32. The molecule has 144 valence electrons. The number of aromatic nitrogens is 3. The number of carbonyl (C=O) groups excluding carboxylic acids is 1. The fourth-order valence-electron chi connectivity index (χ4n) is 4.24. The average Bonchev–Trinajstić information content (AvgIpc) is 3.08. The van der Waals surface area contributed by atoms with Gasteiger partial charge in [-0.1, -0.05) is 18.0 Å². The molecule has 5 rings (SSSR count). The van der Waals surface area contributed by atoms with Crippen LogP contribution in [0.25, 0.3) is 0 Å². The Kier molecular flexibility index (Phi) is 4.47. The Hall–Kier alpha value is -2.15. The third-order valence-electron chi connectivity index (χ3n) is 6.01. The van der Waals surface area contributed by atoms with Crippen LogP contribution in [0.2, 0.25) is 0 Å². The lowest BCUT2D eigenvalue weighted by molar-refractivity contribution is 0.00270. The molecule has 2 fully saturated rings. The van der Waals surface area contributed by atoms with E-state index in [4.69, 9.17) is 9.26 Å². The van der Waals surface area contributed by atoms with Crippen LogP contribution in [0.15, 0.2) is 22.9 Å². The van der Waals surface area contributed by atoms with E-state index in [0.717, 1.165) is 30.9 Å². The van der Waals surface area contributed by atoms with Crippen LogP contribution in [-0.2, 0) is 17.8 Å². The summed E-state index contributed by atoms with van der Waals surface area (Å²) in [6, 6.07) is 3.79. The first-order valence-electron chi connectivity index (χ1n) is 10.1. The van der Waals surface area contributed by atoms with E-state index in [9.17, 15) is 4.79 Å². The van der Waals surface area contributed by atoms with Crippen LogP contribution in [-0.4, -0.2) is 45.0 Å². The van der Waals surface area contributed by atoms with Gasteiger partial charge in [0.25, 0.3) is 5.91 Å². The molecule has 0 radical (unpaired) electrons. The van der Waals surface area contributed by atoms with Gasteiger partial charge < -0.3 is 14.2 Å². The lowest BCUT2D eigenvalue weighted by Gasteiger charge is -2.24. The van der Waals surface area contributed by atoms with Crippen molar-refractivity contribution in [2.45, 2.75) is 63.6 Å². The second kappa shape index (κ2) is 7.11. The lowest BCUT2D eigenvalue weighted by atomic mass is 10.1. The first-order chi connectivity index (χ1) is 13.3. The number of fused-ring (bicyclic) bond motifs is 1. The third-order valence-corrected chi connectivity index (χ3v) is 6.01. The van der Waals surface area contributed by atoms with Crippen LogP contribution in [0.5, 0.6) is 0 Å². The Morgan fingerprint density at radius 2 is 2.07 bits per heavy atom. The minimum atomic E-state index is -0.0882. The molecule has 2 saturated carbocycles. The highest BCUT2D eigenvalue weighted by Crippen LogP contribution is 2.40. The van der Waals surface area contributed by atoms with E-state index in [0.29, 0.717) is 37.2 Å². The molecular weight excluding hydrogens is 344 g/mol. The van der Waals surface area contributed by atoms with Crippen molar-refractivity contribution in [2.24, 2.45) is 5.92 Å². The highest BCUT2D eigenvalue weighted by atomic mass is 16.5. The molecule has 3 aliphatic rings. The quantitative estimate of drug-likeness (QED) is 0.809. The van der Waals surface area contributed by atoms with E-state index in [2.05, 4.69) is 10.3 Å². The Morgan fingerprint density at radius 3 is 2.89 bits per heavy atom. The zero-order chi connectivity index (χ0) is 18.2. The number of carbonyl (C=O) groups is 1. The predicted octanol–water partition coefficient (Wildman–Crippen LogP) is 2.98. The first-order valence-corrected chi connectivity index (χ1v) is 10.1. The van der Waals surface area contributed by atoms with Crippen molar-refractivity contribution in [3.63, 3.8) is 0 Å². The summed E-state index contributed by atoms with van der Waals surface area (Å²) in [6.07, 6.45) is 9.12. The Labute approximate surface area is 158 Å². The molecule has 1 unspecified atom stereocenters. The van der Waals surface area contributed by atoms with Crippen LogP contribution < -0.4 is 0 Å². The Bertz CT molecular complexity index is 804. The summed E-state index contributed by atoms with van der Waals surface area (Å²) in [7, 11) is 0. The van der Waals surface area contributed by atoms with Crippen molar-refractivity contribution >= 4 is 5.91 Å². The van der Waals surface area contributed by atoms with E-state index in [-0.39, 0.29) is 12.0 Å². The van der Waals surface area contributed by atoms with Gasteiger partial charge in [-0.3, -0.25) is 9.48 Å². The van der Waals surface area contributed by atoms with Crippen molar-refractivity contribution in [2.75, 3.05) is 13.2 Å². The van der Waals surface area contributed by atoms with Crippen molar-refractivity contribution in [3.05, 3.63) is 35.5 Å². The Balaban J connectivity index is 1.31. The molecule has 7 heteroatoms. The van der Waals surface area contributed by atoms with E-state index < -0.39 is 0 Å². The van der Waals surface area contributed by atoms with Gasteiger partial charge in [0.15, 0.2) is 5.69 Å². The number of nitrogens with zero attached hydrogens (tertiary/aromatic N) is 4. The molecule has 0 bridgehead atoms. The monoisotopic (exact) mass is 370 g/mol. The molecule has 3 heterocycles. The third kappa shape index (κ3) is 3.65. The standard InChI is InChI=1S/C20H26N4O3/c25-20(18-9-19(27-22-18)15-5-6-15)23-10-16-7-8-21-24(16)12-17(11-23)26-13-14-3-1-2-4-14/h7-9,14-15,17H,1-6,10-13H2. The molecule has 0 saturated heterocycles. The highest BCUT2D eigenvalue weighted by molar-refractivity contribution is 5.92. The minimum Gasteiger partial charge on any atom is -0.374 e. The van der Waals surface area contributed by atoms with E-state index >= 15 is 0 Å². The molecular formula is C20H26N4O3. The SMILES string of the molecule is O=C(c1cc(C2CC2)on1)N1Cc2ccnn2CC(OCC2CCCC2)C1. The van der Waals surface area contributed by atoms with Crippen molar-refractivity contribution in [1.29, 1.82) is 0 Å². The zero-order valence-electron chi connectivity index (χ0n) is 15.5. The van der Waals surface area contributed by atoms with Crippen molar-refractivity contribution in [3.8, 4) is 0 Å². The molecule has 1 aliphatic heterocycles. The maximum atomic E-state index is 13.1. The molecule has 0 N–H and O–H groups in total. The summed E-state index contributed by atoms with van der Waals surface area (Å²) in [5.74, 6) is 1.86. The van der Waals surface area contributed by atoms with Gasteiger partial charge in [-0.25, -0.2) is 0 Å². The lowest BCUT2D eigenvalue weighted by Crippen LogP contribution is -2.38.